The minimum Gasteiger partial charge on any atom is -0.396 e. The van der Waals surface area contributed by atoms with Gasteiger partial charge < -0.3 is 16.0 Å². The fraction of sp³-hybridized carbons (Fsp3) is 0.533. The second-order valence-electron chi connectivity index (χ2n) is 4.92. The number of benzene rings is 1. The van der Waals surface area contributed by atoms with Gasteiger partial charge in [-0.25, -0.2) is 4.39 Å². The number of nitrogens with one attached hydrogen (secondary N) is 1. The third-order valence-electron chi connectivity index (χ3n) is 3.53. The van der Waals surface area contributed by atoms with E-state index in [0.717, 1.165) is 13.0 Å². The number of carbonyl (C=O) groups excluding carboxylic acids is 1. The number of nitrogens with zero attached hydrogens (tertiary/aromatic N) is 1. The maximum Gasteiger partial charge on any atom is 0.225 e. The molecule has 0 bridgehead atoms. The van der Waals surface area contributed by atoms with Crippen LogP contribution in [0, 0.1) is 5.82 Å². The topological polar surface area (TPSA) is 58.4 Å². The van der Waals surface area contributed by atoms with Gasteiger partial charge in [-0.1, -0.05) is 13.8 Å². The van der Waals surface area contributed by atoms with Gasteiger partial charge in [0.2, 0.25) is 5.91 Å². The standard InChI is InChI=1S/C15H24FN3O/c1-4-11(3)19(5-2)9-8-15(20)18-12-6-7-13(16)14(17)10-12/h6-7,10-11H,4-5,8-9,17H2,1-3H3,(H,18,20). The lowest BCUT2D eigenvalue weighted by atomic mass is 10.2. The molecule has 1 aromatic carbocycles. The molecule has 1 aromatic rings. The van der Waals surface area contributed by atoms with Crippen molar-refractivity contribution < 1.29 is 9.18 Å². The summed E-state index contributed by atoms with van der Waals surface area (Å²) in [6, 6.07) is 4.66. The molecule has 0 aliphatic heterocycles. The normalized spacial score (nSPS) is 12.4. The van der Waals surface area contributed by atoms with Gasteiger partial charge in [0.1, 0.15) is 5.82 Å². The number of carbonyl (C=O) groups is 1. The Kier molecular flexibility index (Phi) is 6.45. The molecular formula is C15H24FN3O. The predicted octanol–water partition coefficient (Wildman–Crippen LogP) is 2.86. The van der Waals surface area contributed by atoms with Gasteiger partial charge >= 0.3 is 0 Å². The number of nitrogen functional groups attached to an aromatic ring is 1. The van der Waals surface area contributed by atoms with Gasteiger partial charge in [0.25, 0.3) is 0 Å². The summed E-state index contributed by atoms with van der Waals surface area (Å²) < 4.78 is 13.0. The van der Waals surface area contributed by atoms with Gasteiger partial charge in [-0.05, 0) is 38.1 Å². The molecule has 1 amide bonds. The second kappa shape index (κ2) is 7.85. The van der Waals surface area contributed by atoms with Crippen LogP contribution in [0.15, 0.2) is 18.2 Å². The van der Waals surface area contributed by atoms with Gasteiger partial charge in [0, 0.05) is 24.7 Å². The van der Waals surface area contributed by atoms with E-state index in [1.807, 2.05) is 0 Å². The molecule has 0 saturated carbocycles. The lowest BCUT2D eigenvalue weighted by Gasteiger charge is -2.26. The number of hydrogen-bond acceptors (Lipinski definition) is 3. The molecule has 0 aromatic heterocycles. The van der Waals surface area contributed by atoms with Crippen LogP contribution in [0.5, 0.6) is 0 Å². The summed E-state index contributed by atoms with van der Waals surface area (Å²) in [6.07, 6.45) is 1.47. The largest absolute Gasteiger partial charge is 0.396 e. The molecule has 1 atom stereocenters. The Bertz CT molecular complexity index is 451. The molecule has 1 rings (SSSR count). The van der Waals surface area contributed by atoms with Crippen LogP contribution in [-0.2, 0) is 4.79 Å². The Morgan fingerprint density at radius 2 is 2.15 bits per heavy atom. The molecule has 20 heavy (non-hydrogen) atoms. The van der Waals surface area contributed by atoms with Gasteiger partial charge in [-0.15, -0.1) is 0 Å². The van der Waals surface area contributed by atoms with E-state index in [1.54, 1.807) is 0 Å². The summed E-state index contributed by atoms with van der Waals surface area (Å²) in [6.45, 7) is 8.02. The highest BCUT2D eigenvalue weighted by atomic mass is 19.1. The summed E-state index contributed by atoms with van der Waals surface area (Å²) in [5.41, 5.74) is 6.03. The second-order valence-corrected chi connectivity index (χ2v) is 4.92. The molecule has 112 valence electrons. The van der Waals surface area contributed by atoms with Gasteiger partial charge in [0.05, 0.1) is 5.69 Å². The molecule has 1 unspecified atom stereocenters. The summed E-state index contributed by atoms with van der Waals surface area (Å²) in [5.74, 6) is -0.560. The van der Waals surface area contributed by atoms with Gasteiger partial charge in [0.15, 0.2) is 0 Å². The lowest BCUT2D eigenvalue weighted by Crippen LogP contribution is -2.35. The van der Waals surface area contributed by atoms with E-state index in [1.165, 1.54) is 18.2 Å². The van der Waals surface area contributed by atoms with E-state index in [-0.39, 0.29) is 11.6 Å². The third-order valence-corrected chi connectivity index (χ3v) is 3.53. The SMILES string of the molecule is CCC(C)N(CC)CCC(=O)Nc1ccc(F)c(N)c1. The van der Waals surface area contributed by atoms with Crippen LogP contribution in [0.1, 0.15) is 33.6 Å². The van der Waals surface area contributed by atoms with Crippen molar-refractivity contribution >= 4 is 17.3 Å². The summed E-state index contributed by atoms with van der Waals surface area (Å²) in [7, 11) is 0. The number of hydrogen-bond donors (Lipinski definition) is 2. The van der Waals surface area contributed by atoms with Crippen molar-refractivity contribution in [2.75, 3.05) is 24.1 Å². The Hall–Kier alpha value is -1.62. The first-order chi connectivity index (χ1) is 9.47. The van der Waals surface area contributed by atoms with Crippen molar-refractivity contribution in [1.82, 2.24) is 4.90 Å². The molecule has 0 spiro atoms. The van der Waals surface area contributed by atoms with Crippen molar-refractivity contribution in [1.29, 1.82) is 0 Å². The van der Waals surface area contributed by atoms with E-state index in [4.69, 9.17) is 5.73 Å². The number of nitrogens with two attached hydrogens (primary N) is 1. The maximum absolute atomic E-state index is 13.0. The molecule has 0 aliphatic rings. The lowest BCUT2D eigenvalue weighted by molar-refractivity contribution is -0.116. The van der Waals surface area contributed by atoms with Gasteiger partial charge in [-0.2, -0.15) is 0 Å². The first-order valence-electron chi connectivity index (χ1n) is 7.06. The Morgan fingerprint density at radius 1 is 1.45 bits per heavy atom. The minimum absolute atomic E-state index is 0.0394. The highest BCUT2D eigenvalue weighted by Gasteiger charge is 2.12. The Labute approximate surface area is 120 Å². The molecule has 4 nitrogen and oxygen atoms in total. The number of halogens is 1. The fourth-order valence-corrected chi connectivity index (χ4v) is 2.04. The molecular weight excluding hydrogens is 257 g/mol. The fourth-order valence-electron chi connectivity index (χ4n) is 2.04. The van der Waals surface area contributed by atoms with E-state index >= 15 is 0 Å². The highest BCUT2D eigenvalue weighted by molar-refractivity contribution is 5.91. The van der Waals surface area contributed by atoms with E-state index in [0.29, 0.717) is 24.7 Å². The molecule has 5 heteroatoms. The van der Waals surface area contributed by atoms with Crippen molar-refractivity contribution in [3.8, 4) is 0 Å². The third kappa shape index (κ3) is 4.81. The first-order valence-corrected chi connectivity index (χ1v) is 7.06. The monoisotopic (exact) mass is 281 g/mol. The number of anilines is 2. The molecule has 0 fully saturated rings. The van der Waals surface area contributed by atoms with Crippen LogP contribution in [-0.4, -0.2) is 29.9 Å². The van der Waals surface area contributed by atoms with Crippen LogP contribution in [0.4, 0.5) is 15.8 Å². The zero-order valence-electron chi connectivity index (χ0n) is 12.4. The molecule has 0 saturated heterocycles. The number of rotatable bonds is 7. The average Bonchev–Trinajstić information content (AvgIpc) is 2.43. The Morgan fingerprint density at radius 3 is 2.70 bits per heavy atom. The maximum atomic E-state index is 13.0. The van der Waals surface area contributed by atoms with E-state index in [9.17, 15) is 9.18 Å². The number of amides is 1. The van der Waals surface area contributed by atoms with Crippen molar-refractivity contribution in [3.05, 3.63) is 24.0 Å². The average molecular weight is 281 g/mol. The predicted molar refractivity (Wildman–Crippen MR) is 81.1 cm³/mol. The molecule has 0 aliphatic carbocycles. The van der Waals surface area contributed by atoms with Crippen LogP contribution in [0.3, 0.4) is 0 Å². The van der Waals surface area contributed by atoms with Crippen molar-refractivity contribution in [3.63, 3.8) is 0 Å². The van der Waals surface area contributed by atoms with E-state index in [2.05, 4.69) is 31.0 Å². The quantitative estimate of drug-likeness (QED) is 0.756. The van der Waals surface area contributed by atoms with Crippen molar-refractivity contribution in [2.24, 2.45) is 0 Å². The van der Waals surface area contributed by atoms with Crippen molar-refractivity contribution in [2.45, 2.75) is 39.7 Å². The van der Waals surface area contributed by atoms with Crippen LogP contribution < -0.4 is 11.1 Å². The van der Waals surface area contributed by atoms with Gasteiger partial charge in [-0.3, -0.25) is 4.79 Å². The molecule has 0 radical (unpaired) electrons. The first kappa shape index (κ1) is 16.4. The minimum atomic E-state index is -0.475. The molecule has 3 N–H and O–H groups in total. The Balaban J connectivity index is 2.49. The van der Waals surface area contributed by atoms with Crippen LogP contribution in [0.25, 0.3) is 0 Å². The van der Waals surface area contributed by atoms with Crippen LogP contribution >= 0.6 is 0 Å². The summed E-state index contributed by atoms with van der Waals surface area (Å²) in [5, 5.41) is 2.73. The molecule has 0 heterocycles. The van der Waals surface area contributed by atoms with E-state index < -0.39 is 5.82 Å². The van der Waals surface area contributed by atoms with Crippen LogP contribution in [0.2, 0.25) is 0 Å². The summed E-state index contributed by atoms with van der Waals surface area (Å²) >= 11 is 0. The summed E-state index contributed by atoms with van der Waals surface area (Å²) in [4.78, 5) is 14.1. The smallest absolute Gasteiger partial charge is 0.225 e. The highest BCUT2D eigenvalue weighted by Crippen LogP contribution is 2.16. The zero-order chi connectivity index (χ0) is 15.1. The zero-order valence-corrected chi connectivity index (χ0v) is 12.4.